The summed E-state index contributed by atoms with van der Waals surface area (Å²) in [6.45, 7) is 12.7. The summed E-state index contributed by atoms with van der Waals surface area (Å²) in [5, 5.41) is 0. The highest BCUT2D eigenvalue weighted by atomic mass is 28.4. The quantitative estimate of drug-likeness (QED) is 0.665. The lowest BCUT2D eigenvalue weighted by Crippen LogP contribution is -2.52. The van der Waals surface area contributed by atoms with Gasteiger partial charge in [-0.2, -0.15) is 0 Å². The van der Waals surface area contributed by atoms with Crippen molar-refractivity contribution in [2.75, 3.05) is 0 Å². The molecule has 0 radical (unpaired) electrons. The molecule has 0 saturated carbocycles. The van der Waals surface area contributed by atoms with Gasteiger partial charge in [0.05, 0.1) is 0 Å². The van der Waals surface area contributed by atoms with Crippen molar-refractivity contribution in [3.05, 3.63) is 0 Å². The van der Waals surface area contributed by atoms with Gasteiger partial charge in [-0.15, -0.1) is 0 Å². The van der Waals surface area contributed by atoms with Crippen LogP contribution in [0, 0.1) is 0 Å². The van der Waals surface area contributed by atoms with Crippen LogP contribution in [-0.4, -0.2) is 43.1 Å². The maximum atomic E-state index is 12.5. The van der Waals surface area contributed by atoms with E-state index in [4.69, 9.17) is 9.16 Å². The Morgan fingerprint density at radius 1 is 1.04 bits per heavy atom. The van der Waals surface area contributed by atoms with Crippen LogP contribution in [-0.2, 0) is 9.16 Å². The standard InChI is InChI=1S/C18H35NO3Si/c1-7-23(8-2,9-3)22-16-12-14-10-11-15(13-16)19(14)17(20)21-18(4,5)6/h14-16H,7-13H2,1-6H3. The van der Waals surface area contributed by atoms with E-state index < -0.39 is 13.9 Å². The summed E-state index contributed by atoms with van der Waals surface area (Å²) in [6, 6.07) is 4.21. The molecule has 2 aliphatic heterocycles. The molecule has 2 heterocycles. The molecule has 4 nitrogen and oxygen atoms in total. The molecule has 0 aromatic rings. The van der Waals surface area contributed by atoms with E-state index in [0.29, 0.717) is 18.2 Å². The number of carbonyl (C=O) groups excluding carboxylic acids is 1. The largest absolute Gasteiger partial charge is 0.444 e. The number of rotatable bonds is 5. The van der Waals surface area contributed by atoms with Crippen molar-refractivity contribution in [3.63, 3.8) is 0 Å². The minimum Gasteiger partial charge on any atom is -0.444 e. The molecule has 2 saturated heterocycles. The van der Waals surface area contributed by atoms with E-state index in [2.05, 4.69) is 20.8 Å². The Morgan fingerprint density at radius 2 is 1.52 bits per heavy atom. The van der Waals surface area contributed by atoms with E-state index in [1.165, 1.54) is 18.1 Å². The van der Waals surface area contributed by atoms with E-state index in [1.54, 1.807) is 0 Å². The van der Waals surface area contributed by atoms with E-state index >= 15 is 0 Å². The average Bonchev–Trinajstić information content (AvgIpc) is 2.75. The van der Waals surface area contributed by atoms with Crippen LogP contribution in [0.4, 0.5) is 4.79 Å². The van der Waals surface area contributed by atoms with E-state index in [-0.39, 0.29) is 6.09 Å². The van der Waals surface area contributed by atoms with Gasteiger partial charge < -0.3 is 14.1 Å². The molecule has 2 rings (SSSR count). The van der Waals surface area contributed by atoms with Crippen molar-refractivity contribution in [3.8, 4) is 0 Å². The van der Waals surface area contributed by atoms with Gasteiger partial charge in [0.1, 0.15) is 5.60 Å². The molecule has 2 fully saturated rings. The molecule has 23 heavy (non-hydrogen) atoms. The van der Waals surface area contributed by atoms with Crippen molar-refractivity contribution in [2.24, 2.45) is 0 Å². The lowest BCUT2D eigenvalue weighted by atomic mass is 10.0. The number of amides is 1. The van der Waals surface area contributed by atoms with Crippen LogP contribution in [0.25, 0.3) is 0 Å². The van der Waals surface area contributed by atoms with E-state index in [0.717, 1.165) is 25.7 Å². The highest BCUT2D eigenvalue weighted by Crippen LogP contribution is 2.39. The molecule has 0 aliphatic carbocycles. The maximum absolute atomic E-state index is 12.5. The number of hydrogen-bond donors (Lipinski definition) is 0. The third-order valence-corrected chi connectivity index (χ3v) is 10.3. The zero-order chi connectivity index (χ0) is 17.3. The fraction of sp³-hybridized carbons (Fsp3) is 0.944. The van der Waals surface area contributed by atoms with E-state index in [1.807, 2.05) is 25.7 Å². The van der Waals surface area contributed by atoms with Crippen molar-refractivity contribution in [1.82, 2.24) is 4.90 Å². The zero-order valence-corrected chi connectivity index (χ0v) is 16.9. The number of carbonyl (C=O) groups is 1. The maximum Gasteiger partial charge on any atom is 0.410 e. The second kappa shape index (κ2) is 7.14. The first-order valence-electron chi connectivity index (χ1n) is 9.42. The summed E-state index contributed by atoms with van der Waals surface area (Å²) in [6.07, 6.45) is 4.39. The predicted octanol–water partition coefficient (Wildman–Crippen LogP) is 4.94. The topological polar surface area (TPSA) is 38.8 Å². The van der Waals surface area contributed by atoms with Gasteiger partial charge in [0.2, 0.25) is 0 Å². The summed E-state index contributed by atoms with van der Waals surface area (Å²) in [5.41, 5.74) is -0.418. The van der Waals surface area contributed by atoms with Gasteiger partial charge in [-0.3, -0.25) is 0 Å². The Bertz CT molecular complexity index is 395. The summed E-state index contributed by atoms with van der Waals surface area (Å²) in [7, 11) is -1.56. The summed E-state index contributed by atoms with van der Waals surface area (Å²) in [5.74, 6) is 0. The van der Waals surface area contributed by atoms with Gasteiger partial charge in [-0.25, -0.2) is 4.79 Å². The average molecular weight is 342 g/mol. The Morgan fingerprint density at radius 3 is 1.91 bits per heavy atom. The smallest absolute Gasteiger partial charge is 0.410 e. The lowest BCUT2D eigenvalue weighted by Gasteiger charge is -2.42. The van der Waals surface area contributed by atoms with Gasteiger partial charge in [0.25, 0.3) is 0 Å². The number of piperidine rings is 1. The van der Waals surface area contributed by atoms with Crippen LogP contribution in [0.1, 0.15) is 67.2 Å². The molecule has 5 heteroatoms. The number of nitrogens with zero attached hydrogens (tertiary/aromatic N) is 1. The molecule has 2 unspecified atom stereocenters. The third-order valence-electron chi connectivity index (χ3n) is 5.64. The minimum absolute atomic E-state index is 0.131. The first-order chi connectivity index (χ1) is 10.7. The Labute approximate surface area is 143 Å². The molecule has 2 atom stereocenters. The van der Waals surface area contributed by atoms with E-state index in [9.17, 15) is 4.79 Å². The third kappa shape index (κ3) is 4.30. The summed E-state index contributed by atoms with van der Waals surface area (Å²) in [4.78, 5) is 14.5. The molecule has 0 spiro atoms. The van der Waals surface area contributed by atoms with Gasteiger partial charge in [-0.05, 0) is 64.6 Å². The van der Waals surface area contributed by atoms with Crippen LogP contribution in [0.3, 0.4) is 0 Å². The minimum atomic E-state index is -1.56. The highest BCUT2D eigenvalue weighted by Gasteiger charge is 2.46. The van der Waals surface area contributed by atoms with Crippen LogP contribution >= 0.6 is 0 Å². The van der Waals surface area contributed by atoms with Gasteiger partial charge in [-0.1, -0.05) is 20.8 Å². The van der Waals surface area contributed by atoms with Crippen LogP contribution < -0.4 is 0 Å². The van der Waals surface area contributed by atoms with Crippen molar-refractivity contribution in [1.29, 1.82) is 0 Å². The fourth-order valence-corrected chi connectivity index (χ4v) is 7.09. The molecule has 0 aromatic carbocycles. The molecular formula is C18H35NO3Si. The highest BCUT2D eigenvalue weighted by molar-refractivity contribution is 6.73. The van der Waals surface area contributed by atoms with Crippen LogP contribution in [0.15, 0.2) is 0 Å². The Kier molecular flexibility index (Phi) is 5.83. The van der Waals surface area contributed by atoms with Crippen molar-refractivity contribution >= 4 is 14.4 Å². The normalized spacial score (nSPS) is 28.1. The fourth-order valence-electron chi connectivity index (χ4n) is 4.19. The molecule has 0 N–H and O–H groups in total. The second-order valence-electron chi connectivity index (χ2n) is 8.23. The first-order valence-corrected chi connectivity index (χ1v) is 12.0. The SMILES string of the molecule is CC[Si](CC)(CC)OC1CC2CCC(C1)N2C(=O)OC(C)(C)C. The second-order valence-corrected chi connectivity index (χ2v) is 13.0. The first kappa shape index (κ1) is 18.8. The molecule has 1 amide bonds. The number of fused-ring (bicyclic) bond motifs is 2. The predicted molar refractivity (Wildman–Crippen MR) is 96.2 cm³/mol. The van der Waals surface area contributed by atoms with Gasteiger partial charge >= 0.3 is 6.09 Å². The molecule has 0 aromatic heterocycles. The van der Waals surface area contributed by atoms with Crippen molar-refractivity contribution < 1.29 is 14.0 Å². The number of hydrogen-bond acceptors (Lipinski definition) is 3. The Balaban J connectivity index is 2.00. The molecular weight excluding hydrogens is 306 g/mol. The van der Waals surface area contributed by atoms with Crippen molar-refractivity contribution in [2.45, 2.75) is 109 Å². The summed E-state index contributed by atoms with van der Waals surface area (Å²) < 4.78 is 12.3. The molecule has 2 bridgehead atoms. The molecule has 2 aliphatic rings. The number of ether oxygens (including phenoxy) is 1. The van der Waals surface area contributed by atoms with Gasteiger partial charge in [0, 0.05) is 18.2 Å². The zero-order valence-electron chi connectivity index (χ0n) is 15.9. The van der Waals surface area contributed by atoms with Crippen LogP contribution in [0.2, 0.25) is 18.1 Å². The van der Waals surface area contributed by atoms with Crippen LogP contribution in [0.5, 0.6) is 0 Å². The lowest BCUT2D eigenvalue weighted by molar-refractivity contribution is -0.00860. The summed E-state index contributed by atoms with van der Waals surface area (Å²) >= 11 is 0. The molecule has 134 valence electrons. The van der Waals surface area contributed by atoms with Gasteiger partial charge in [0.15, 0.2) is 8.32 Å². The monoisotopic (exact) mass is 341 g/mol. The Hall–Kier alpha value is -0.553.